The van der Waals surface area contributed by atoms with E-state index in [1.54, 1.807) is 24.5 Å². The van der Waals surface area contributed by atoms with Crippen LogP contribution in [0.25, 0.3) is 11.4 Å². The van der Waals surface area contributed by atoms with Crippen molar-refractivity contribution in [1.29, 1.82) is 0 Å². The van der Waals surface area contributed by atoms with E-state index in [9.17, 15) is 22.8 Å². The largest absolute Gasteiger partial charge is 0.421 e. The maximum absolute atomic E-state index is 12.7. The Labute approximate surface area is 149 Å². The molecule has 0 aliphatic heterocycles. The average molecular weight is 379 g/mol. The highest BCUT2D eigenvalue weighted by Crippen LogP contribution is 2.25. The predicted octanol–water partition coefficient (Wildman–Crippen LogP) is 1.63. The molecule has 11 heteroatoms. The first-order chi connectivity index (χ1) is 12.8. The third-order valence-electron chi connectivity index (χ3n) is 3.48. The van der Waals surface area contributed by atoms with E-state index < -0.39 is 29.8 Å². The van der Waals surface area contributed by atoms with Crippen molar-refractivity contribution in [3.05, 3.63) is 64.7 Å². The molecule has 3 heterocycles. The molecule has 3 aromatic heterocycles. The molecule has 8 nitrogen and oxygen atoms in total. The van der Waals surface area contributed by atoms with Gasteiger partial charge in [0, 0.05) is 24.2 Å². The standard InChI is InChI=1S/C16H12F3N5O3/c17-16(18,19)11-2-1-7-24(15(11)26)9-12(25)21-8-13-22-14(23-27-13)10-3-5-20-6-4-10/h1-7H,8-9H2,(H,21,25). The first-order valence-corrected chi connectivity index (χ1v) is 7.61. The van der Waals surface area contributed by atoms with E-state index in [2.05, 4.69) is 20.4 Å². The minimum absolute atomic E-state index is 0.103. The monoisotopic (exact) mass is 379 g/mol. The summed E-state index contributed by atoms with van der Waals surface area (Å²) >= 11 is 0. The van der Waals surface area contributed by atoms with Crippen LogP contribution in [0, 0.1) is 0 Å². The number of nitrogens with zero attached hydrogens (tertiary/aromatic N) is 4. The zero-order valence-electron chi connectivity index (χ0n) is 13.6. The van der Waals surface area contributed by atoms with E-state index in [0.717, 1.165) is 12.3 Å². The Balaban J connectivity index is 1.63. The minimum Gasteiger partial charge on any atom is -0.345 e. The number of hydrogen-bond acceptors (Lipinski definition) is 6. The van der Waals surface area contributed by atoms with Crippen LogP contribution in [-0.2, 0) is 24.1 Å². The second kappa shape index (κ2) is 7.40. The van der Waals surface area contributed by atoms with Gasteiger partial charge in [0.2, 0.25) is 17.6 Å². The molecule has 27 heavy (non-hydrogen) atoms. The van der Waals surface area contributed by atoms with Crippen LogP contribution in [0.4, 0.5) is 13.2 Å². The van der Waals surface area contributed by atoms with Crippen molar-refractivity contribution < 1.29 is 22.5 Å². The molecule has 1 amide bonds. The number of carbonyl (C=O) groups excluding carboxylic acids is 1. The lowest BCUT2D eigenvalue weighted by atomic mass is 10.2. The molecule has 0 spiro atoms. The summed E-state index contributed by atoms with van der Waals surface area (Å²) < 4.78 is 43.9. The molecule has 0 unspecified atom stereocenters. The van der Waals surface area contributed by atoms with Gasteiger partial charge in [-0.2, -0.15) is 18.2 Å². The maximum Gasteiger partial charge on any atom is 0.421 e. The first kappa shape index (κ1) is 18.3. The van der Waals surface area contributed by atoms with E-state index in [0.29, 0.717) is 22.0 Å². The number of nitrogens with one attached hydrogen (secondary N) is 1. The lowest BCUT2D eigenvalue weighted by molar-refractivity contribution is -0.139. The number of pyridine rings is 2. The zero-order valence-corrected chi connectivity index (χ0v) is 13.6. The molecular weight excluding hydrogens is 367 g/mol. The molecule has 0 bridgehead atoms. The van der Waals surface area contributed by atoms with E-state index >= 15 is 0 Å². The van der Waals surface area contributed by atoms with E-state index in [1.165, 1.54) is 0 Å². The predicted molar refractivity (Wildman–Crippen MR) is 85.1 cm³/mol. The van der Waals surface area contributed by atoms with E-state index in [-0.39, 0.29) is 12.4 Å². The summed E-state index contributed by atoms with van der Waals surface area (Å²) in [5.74, 6) is -0.276. The summed E-state index contributed by atoms with van der Waals surface area (Å²) in [5.41, 5.74) is -1.96. The molecule has 0 saturated carbocycles. The van der Waals surface area contributed by atoms with Crippen LogP contribution in [0.3, 0.4) is 0 Å². The van der Waals surface area contributed by atoms with Gasteiger partial charge in [-0.3, -0.25) is 14.6 Å². The van der Waals surface area contributed by atoms with Crippen molar-refractivity contribution in [3.8, 4) is 11.4 Å². The molecule has 0 aliphatic rings. The molecule has 1 N–H and O–H groups in total. The average Bonchev–Trinajstić information content (AvgIpc) is 3.11. The van der Waals surface area contributed by atoms with Crippen LogP contribution in [0.5, 0.6) is 0 Å². The number of amides is 1. The molecule has 3 rings (SSSR count). The summed E-state index contributed by atoms with van der Waals surface area (Å²) in [4.78, 5) is 31.7. The highest BCUT2D eigenvalue weighted by atomic mass is 19.4. The van der Waals surface area contributed by atoms with E-state index in [4.69, 9.17) is 4.52 Å². The van der Waals surface area contributed by atoms with Crippen molar-refractivity contribution in [3.63, 3.8) is 0 Å². The fraction of sp³-hybridized carbons (Fsp3) is 0.188. The Morgan fingerprint density at radius 3 is 2.67 bits per heavy atom. The Bertz CT molecular complexity index is 998. The smallest absolute Gasteiger partial charge is 0.345 e. The maximum atomic E-state index is 12.7. The lowest BCUT2D eigenvalue weighted by Crippen LogP contribution is -2.34. The van der Waals surface area contributed by atoms with Gasteiger partial charge < -0.3 is 14.4 Å². The number of aromatic nitrogens is 4. The fourth-order valence-corrected chi connectivity index (χ4v) is 2.21. The molecule has 3 aromatic rings. The van der Waals surface area contributed by atoms with Gasteiger partial charge in [0.05, 0.1) is 6.54 Å². The van der Waals surface area contributed by atoms with Crippen molar-refractivity contribution >= 4 is 5.91 Å². The third kappa shape index (κ3) is 4.37. The van der Waals surface area contributed by atoms with Crippen LogP contribution in [0.2, 0.25) is 0 Å². The Hall–Kier alpha value is -3.50. The Kier molecular flexibility index (Phi) is 5.01. The molecule has 0 saturated heterocycles. The Morgan fingerprint density at radius 1 is 1.22 bits per heavy atom. The van der Waals surface area contributed by atoms with Crippen LogP contribution >= 0.6 is 0 Å². The van der Waals surface area contributed by atoms with Gasteiger partial charge in [-0.1, -0.05) is 5.16 Å². The van der Waals surface area contributed by atoms with Crippen LogP contribution in [-0.4, -0.2) is 25.6 Å². The summed E-state index contributed by atoms with van der Waals surface area (Å²) in [6, 6.07) is 5.06. The van der Waals surface area contributed by atoms with Gasteiger partial charge in [-0.15, -0.1) is 0 Å². The number of alkyl halides is 3. The van der Waals surface area contributed by atoms with Crippen molar-refractivity contribution in [1.82, 2.24) is 25.0 Å². The SMILES string of the molecule is O=C(Cn1cccc(C(F)(F)F)c1=O)NCc1nc(-c2ccncc2)no1. The Morgan fingerprint density at radius 2 is 1.96 bits per heavy atom. The van der Waals surface area contributed by atoms with Crippen molar-refractivity contribution in [2.24, 2.45) is 0 Å². The fourth-order valence-electron chi connectivity index (χ4n) is 2.21. The molecule has 0 fully saturated rings. The number of rotatable bonds is 5. The van der Waals surface area contributed by atoms with E-state index in [1.807, 2.05) is 0 Å². The highest BCUT2D eigenvalue weighted by molar-refractivity contribution is 5.75. The number of carbonyl (C=O) groups is 1. The van der Waals surface area contributed by atoms with Gasteiger partial charge in [-0.25, -0.2) is 0 Å². The zero-order chi connectivity index (χ0) is 19.4. The summed E-state index contributed by atoms with van der Waals surface area (Å²) in [6.45, 7) is -0.710. The second-order valence-electron chi connectivity index (χ2n) is 5.38. The quantitative estimate of drug-likeness (QED) is 0.723. The minimum atomic E-state index is -4.79. The van der Waals surface area contributed by atoms with Gasteiger partial charge in [0.15, 0.2) is 0 Å². The molecular formula is C16H12F3N5O3. The molecule has 0 aromatic carbocycles. The van der Waals surface area contributed by atoms with Gasteiger partial charge in [0.25, 0.3) is 5.56 Å². The molecule has 0 aliphatic carbocycles. The topological polar surface area (TPSA) is 103 Å². The summed E-state index contributed by atoms with van der Waals surface area (Å²) in [6.07, 6.45) is -0.574. The van der Waals surface area contributed by atoms with Gasteiger partial charge >= 0.3 is 6.18 Å². The van der Waals surface area contributed by atoms with Crippen LogP contribution in [0.1, 0.15) is 11.5 Å². The molecule has 0 atom stereocenters. The molecule has 0 radical (unpaired) electrons. The summed E-state index contributed by atoms with van der Waals surface area (Å²) in [5, 5.41) is 6.16. The van der Waals surface area contributed by atoms with Crippen LogP contribution in [0.15, 0.2) is 52.2 Å². The van der Waals surface area contributed by atoms with Crippen molar-refractivity contribution in [2.45, 2.75) is 19.3 Å². The first-order valence-electron chi connectivity index (χ1n) is 7.61. The van der Waals surface area contributed by atoms with Crippen molar-refractivity contribution in [2.75, 3.05) is 0 Å². The molecule has 140 valence electrons. The number of halogens is 3. The number of hydrogen-bond donors (Lipinski definition) is 1. The normalized spacial score (nSPS) is 11.4. The highest BCUT2D eigenvalue weighted by Gasteiger charge is 2.34. The van der Waals surface area contributed by atoms with Gasteiger partial charge in [0.1, 0.15) is 12.1 Å². The summed E-state index contributed by atoms with van der Waals surface area (Å²) in [7, 11) is 0. The van der Waals surface area contributed by atoms with Crippen LogP contribution < -0.4 is 10.9 Å². The third-order valence-corrected chi connectivity index (χ3v) is 3.48. The lowest BCUT2D eigenvalue weighted by Gasteiger charge is -2.10. The van der Waals surface area contributed by atoms with Gasteiger partial charge in [-0.05, 0) is 24.3 Å². The second-order valence-corrected chi connectivity index (χ2v) is 5.38.